The van der Waals surface area contributed by atoms with Gasteiger partial charge in [0.2, 0.25) is 15.2 Å². The highest BCUT2D eigenvalue weighted by atomic mass is 32.2. The van der Waals surface area contributed by atoms with E-state index >= 15 is 0 Å². The monoisotopic (exact) mass is 650 g/mol. The van der Waals surface area contributed by atoms with Crippen molar-refractivity contribution < 1.29 is 41.0 Å². The Morgan fingerprint density at radius 3 is 2.30 bits per heavy atom. The first-order chi connectivity index (χ1) is 20.7. The minimum Gasteiger partial charge on any atom is -0.476 e. The number of primary sulfonamides is 1. The van der Waals surface area contributed by atoms with Crippen molar-refractivity contribution in [1.82, 2.24) is 14.8 Å². The number of benzene rings is 2. The molecule has 0 bridgehead atoms. The highest BCUT2D eigenvalue weighted by Crippen LogP contribution is 2.54. The normalized spacial score (nSPS) is 17.0. The predicted molar refractivity (Wildman–Crippen MR) is 151 cm³/mol. The molecule has 2 aliphatic rings. The summed E-state index contributed by atoms with van der Waals surface area (Å²) in [5.41, 5.74) is -1.12. The molecule has 1 unspecified atom stereocenters. The number of nitrogens with two attached hydrogens (primary N) is 1. The fourth-order valence-electron chi connectivity index (χ4n) is 5.44. The van der Waals surface area contributed by atoms with Crippen LogP contribution in [-0.4, -0.2) is 45.5 Å². The number of nitrogens with zero attached hydrogens (tertiary/aromatic N) is 3. The number of halogens is 4. The molecule has 2 aliphatic carbocycles. The van der Waals surface area contributed by atoms with Crippen molar-refractivity contribution in [2.45, 2.75) is 55.2 Å². The van der Waals surface area contributed by atoms with Crippen LogP contribution in [0.4, 0.5) is 17.6 Å². The zero-order chi connectivity index (χ0) is 31.6. The molecule has 15 heteroatoms. The molecule has 6 rings (SSSR count). The summed E-state index contributed by atoms with van der Waals surface area (Å²) >= 11 is 1.01. The molecule has 44 heavy (non-hydrogen) atoms. The molecule has 2 aromatic heterocycles. The highest BCUT2D eigenvalue weighted by molar-refractivity contribution is 7.89. The quantitative estimate of drug-likeness (QED) is 0.200. The average molecular weight is 651 g/mol. The van der Waals surface area contributed by atoms with Crippen LogP contribution in [0.3, 0.4) is 0 Å². The van der Waals surface area contributed by atoms with E-state index in [1.165, 1.54) is 40.4 Å². The second-order valence-electron chi connectivity index (χ2n) is 11.3. The number of carbonyl (C=O) groups is 1. The number of rotatable bonds is 10. The van der Waals surface area contributed by atoms with Crippen LogP contribution in [-0.2, 0) is 28.5 Å². The Bertz CT molecular complexity index is 1860. The van der Waals surface area contributed by atoms with E-state index in [0.29, 0.717) is 40.4 Å². The van der Waals surface area contributed by atoms with E-state index in [4.69, 9.17) is 10.2 Å². The van der Waals surface area contributed by atoms with E-state index in [9.17, 15) is 41.0 Å². The van der Waals surface area contributed by atoms with Crippen molar-refractivity contribution in [3.63, 3.8) is 0 Å². The Morgan fingerprint density at radius 1 is 1.09 bits per heavy atom. The molecule has 0 saturated heterocycles. The third-order valence-corrected chi connectivity index (χ3v) is 9.78. The van der Waals surface area contributed by atoms with Gasteiger partial charge in [-0.3, -0.25) is 0 Å². The number of hydrogen-bond acceptors (Lipinski definition) is 7. The number of aliphatic hydroxyl groups is 1. The maximum absolute atomic E-state index is 14.8. The van der Waals surface area contributed by atoms with Crippen LogP contribution in [0.25, 0.3) is 16.4 Å². The third-order valence-electron chi connectivity index (χ3n) is 8.02. The first-order valence-electron chi connectivity index (χ1n) is 13.7. The highest BCUT2D eigenvalue weighted by Gasteiger charge is 2.62. The summed E-state index contributed by atoms with van der Waals surface area (Å²) in [5, 5.41) is 31.7. The lowest BCUT2D eigenvalue weighted by molar-refractivity contribution is -0.275. The Kier molecular flexibility index (Phi) is 7.42. The lowest BCUT2D eigenvalue weighted by Gasteiger charge is -2.31. The van der Waals surface area contributed by atoms with Crippen LogP contribution < -0.4 is 5.14 Å². The molecule has 0 amide bonds. The van der Waals surface area contributed by atoms with Gasteiger partial charge in [-0.25, -0.2) is 32.4 Å². The first kappa shape index (κ1) is 30.4. The predicted octanol–water partition coefficient (Wildman–Crippen LogP) is 5.18. The zero-order valence-corrected chi connectivity index (χ0v) is 24.5. The van der Waals surface area contributed by atoms with Crippen LogP contribution >= 0.6 is 11.3 Å². The first-order valence-corrected chi connectivity index (χ1v) is 16.1. The molecule has 0 radical (unpaired) electrons. The van der Waals surface area contributed by atoms with Crippen LogP contribution in [0.15, 0.2) is 52.7 Å². The summed E-state index contributed by atoms with van der Waals surface area (Å²) in [5.74, 6) is -2.90. The Labute approximate surface area is 253 Å². The van der Waals surface area contributed by atoms with Crippen molar-refractivity contribution in [2.75, 3.05) is 0 Å². The van der Waals surface area contributed by atoms with Gasteiger partial charge in [0.25, 0.3) is 0 Å². The smallest absolute Gasteiger partial charge is 0.421 e. The number of aromatic nitrogens is 3. The Balaban J connectivity index is 1.50. The molecule has 2 heterocycles. The number of aromatic carboxylic acids is 1. The van der Waals surface area contributed by atoms with Crippen molar-refractivity contribution in [2.24, 2.45) is 17.0 Å². The second kappa shape index (κ2) is 10.8. The van der Waals surface area contributed by atoms with E-state index in [2.05, 4.69) is 4.98 Å². The third kappa shape index (κ3) is 5.64. The molecule has 232 valence electrons. The lowest BCUT2D eigenvalue weighted by Crippen LogP contribution is -2.44. The Morgan fingerprint density at radius 2 is 1.77 bits per heavy atom. The molecule has 2 saturated carbocycles. The van der Waals surface area contributed by atoms with Crippen LogP contribution in [0.2, 0.25) is 0 Å². The van der Waals surface area contributed by atoms with E-state index in [1.807, 2.05) is 0 Å². The van der Waals surface area contributed by atoms with Gasteiger partial charge in [-0.1, -0.05) is 30.3 Å². The number of hydrogen-bond donors (Lipinski definition) is 3. The van der Waals surface area contributed by atoms with Gasteiger partial charge in [-0.2, -0.15) is 18.3 Å². The van der Waals surface area contributed by atoms with Gasteiger partial charge in [0.15, 0.2) is 11.3 Å². The van der Waals surface area contributed by atoms with E-state index < -0.39 is 44.4 Å². The summed E-state index contributed by atoms with van der Waals surface area (Å²) in [7, 11) is -4.30. The summed E-state index contributed by atoms with van der Waals surface area (Å²) in [6, 6.07) is 8.83. The SMILES string of the molecule is NS(=O)(=O)c1ccc(Cc2c(CC3CC3)nn(-c3nc(C(=O)O)cs3)c2-c2ccc(C(O)(C3CC3)C(F)(F)F)cc2)cc1F. The average Bonchev–Trinajstić information content (AvgIpc) is 3.87. The van der Waals surface area contributed by atoms with Gasteiger partial charge in [0.05, 0.1) is 11.4 Å². The largest absolute Gasteiger partial charge is 0.476 e. The standard InChI is InChI=1S/C29H26F4N4O5S2/c30-21-12-16(3-10-24(21)44(34,41)42)11-20-22(13-15-1-2-15)36-37(27-35-23(14-43-27)26(38)39)25(20)17-4-6-18(7-5-17)28(40,19-8-9-19)29(31,32)33/h3-7,10,12,14-15,19,40H,1-2,8-9,11,13H2,(H,38,39)(H2,34,41,42). The molecule has 0 spiro atoms. The minimum atomic E-state index is -4.89. The van der Waals surface area contributed by atoms with Gasteiger partial charge in [-0.05, 0) is 61.3 Å². The van der Waals surface area contributed by atoms with E-state index in [-0.39, 0.29) is 35.7 Å². The lowest BCUT2D eigenvalue weighted by atomic mass is 9.87. The fraction of sp³-hybridized carbons (Fsp3) is 0.345. The fourth-order valence-corrected chi connectivity index (χ4v) is 6.78. The molecule has 4 N–H and O–H groups in total. The van der Waals surface area contributed by atoms with Crippen molar-refractivity contribution in [1.29, 1.82) is 0 Å². The van der Waals surface area contributed by atoms with Gasteiger partial charge in [0, 0.05) is 28.8 Å². The Hall–Kier alpha value is -3.66. The molecule has 2 aromatic carbocycles. The minimum absolute atomic E-state index is 0.0622. The van der Waals surface area contributed by atoms with E-state index in [1.54, 1.807) is 0 Å². The summed E-state index contributed by atoms with van der Waals surface area (Å²) in [4.78, 5) is 15.1. The molecular weight excluding hydrogens is 624 g/mol. The van der Waals surface area contributed by atoms with Crippen LogP contribution in [0.1, 0.15) is 58.6 Å². The number of alkyl halides is 3. The number of thiazole rings is 1. The number of carboxylic acids is 1. The van der Waals surface area contributed by atoms with Crippen molar-refractivity contribution in [3.05, 3.63) is 81.7 Å². The van der Waals surface area contributed by atoms with Gasteiger partial charge in [-0.15, -0.1) is 11.3 Å². The number of carboxylic acid groups (broad SMARTS) is 1. The van der Waals surface area contributed by atoms with Crippen LogP contribution in [0.5, 0.6) is 0 Å². The van der Waals surface area contributed by atoms with Gasteiger partial charge >= 0.3 is 12.1 Å². The summed E-state index contributed by atoms with van der Waals surface area (Å²) in [6.45, 7) is 0. The molecule has 0 aliphatic heterocycles. The molecular formula is C29H26F4N4O5S2. The summed E-state index contributed by atoms with van der Waals surface area (Å²) < 4.78 is 81.8. The van der Waals surface area contributed by atoms with Crippen molar-refractivity contribution in [3.8, 4) is 16.4 Å². The zero-order valence-electron chi connectivity index (χ0n) is 22.9. The molecule has 4 aromatic rings. The maximum Gasteiger partial charge on any atom is 0.421 e. The topological polar surface area (TPSA) is 148 Å². The molecule has 9 nitrogen and oxygen atoms in total. The molecule has 2 fully saturated rings. The summed E-state index contributed by atoms with van der Waals surface area (Å²) in [6.07, 6.45) is -1.87. The number of sulfonamides is 1. The maximum atomic E-state index is 14.8. The van der Waals surface area contributed by atoms with Crippen molar-refractivity contribution >= 4 is 27.3 Å². The van der Waals surface area contributed by atoms with Gasteiger partial charge < -0.3 is 10.2 Å². The van der Waals surface area contributed by atoms with Gasteiger partial charge in [0.1, 0.15) is 10.7 Å². The second-order valence-corrected chi connectivity index (χ2v) is 13.6. The molecule has 1 atom stereocenters. The van der Waals surface area contributed by atoms with Crippen LogP contribution in [0, 0.1) is 17.7 Å². The van der Waals surface area contributed by atoms with E-state index in [0.717, 1.165) is 36.3 Å².